The monoisotopic (exact) mass is 319 g/mol. The second kappa shape index (κ2) is 6.91. The average Bonchev–Trinajstić information content (AvgIpc) is 2.86. The van der Waals surface area contributed by atoms with Crippen LogP contribution in [0.15, 0.2) is 23.4 Å². The van der Waals surface area contributed by atoms with Crippen LogP contribution in [0.4, 0.5) is 5.69 Å². The van der Waals surface area contributed by atoms with Crippen molar-refractivity contribution in [1.82, 2.24) is 20.2 Å². The van der Waals surface area contributed by atoms with Crippen molar-refractivity contribution in [1.29, 1.82) is 0 Å². The molecular weight excluding hydrogens is 298 g/mol. The number of carbonyl (C=O) groups excluding carboxylic acids is 1. The van der Waals surface area contributed by atoms with Crippen LogP contribution in [0.25, 0.3) is 0 Å². The first-order valence-electron chi connectivity index (χ1n) is 7.19. The molecular formula is C15H21N5OS. The van der Waals surface area contributed by atoms with Crippen LogP contribution in [0.1, 0.15) is 37.8 Å². The number of rotatable bonds is 5. The molecule has 0 unspecified atom stereocenters. The molecule has 0 aliphatic carbocycles. The largest absolute Gasteiger partial charge is 0.325 e. The topological polar surface area (TPSA) is 72.7 Å². The van der Waals surface area contributed by atoms with E-state index in [0.717, 1.165) is 16.8 Å². The summed E-state index contributed by atoms with van der Waals surface area (Å²) in [5.74, 6) is 0.297. The van der Waals surface area contributed by atoms with Gasteiger partial charge in [0.15, 0.2) is 0 Å². The first-order valence-corrected chi connectivity index (χ1v) is 8.07. The molecule has 2 rings (SSSR count). The molecule has 7 heteroatoms. The van der Waals surface area contributed by atoms with Crippen molar-refractivity contribution < 1.29 is 4.79 Å². The van der Waals surface area contributed by atoms with Gasteiger partial charge in [-0.2, -0.15) is 0 Å². The molecule has 1 aromatic carbocycles. The van der Waals surface area contributed by atoms with E-state index in [-0.39, 0.29) is 11.2 Å². The van der Waals surface area contributed by atoms with E-state index < -0.39 is 0 Å². The summed E-state index contributed by atoms with van der Waals surface area (Å²) in [4.78, 5) is 12.5. The third kappa shape index (κ3) is 3.65. The number of hydrogen-bond acceptors (Lipinski definition) is 5. The van der Waals surface area contributed by atoms with Crippen molar-refractivity contribution in [3.05, 3.63) is 29.3 Å². The summed E-state index contributed by atoms with van der Waals surface area (Å²) < 4.78 is 1.56. The first-order chi connectivity index (χ1) is 10.4. The van der Waals surface area contributed by atoms with Crippen LogP contribution in [0.2, 0.25) is 0 Å². The van der Waals surface area contributed by atoms with Gasteiger partial charge in [-0.05, 0) is 41.3 Å². The number of aryl methyl sites for hydroxylation is 2. The molecule has 0 saturated carbocycles. The summed E-state index contributed by atoms with van der Waals surface area (Å²) in [5, 5.41) is 14.6. The van der Waals surface area contributed by atoms with E-state index in [1.807, 2.05) is 26.0 Å². The summed E-state index contributed by atoms with van der Waals surface area (Å²) in [6.07, 6.45) is 0. The van der Waals surface area contributed by atoms with Crippen molar-refractivity contribution in [2.75, 3.05) is 5.32 Å². The summed E-state index contributed by atoms with van der Waals surface area (Å²) in [7, 11) is 1.76. The minimum Gasteiger partial charge on any atom is -0.325 e. The van der Waals surface area contributed by atoms with Crippen molar-refractivity contribution in [3.8, 4) is 0 Å². The van der Waals surface area contributed by atoms with Crippen molar-refractivity contribution in [2.24, 2.45) is 7.05 Å². The van der Waals surface area contributed by atoms with Gasteiger partial charge >= 0.3 is 0 Å². The molecule has 1 atom stereocenters. The van der Waals surface area contributed by atoms with E-state index in [2.05, 4.69) is 40.8 Å². The maximum Gasteiger partial charge on any atom is 0.237 e. The molecule has 1 aromatic heterocycles. The molecule has 0 spiro atoms. The van der Waals surface area contributed by atoms with E-state index in [1.165, 1.54) is 11.8 Å². The second-order valence-electron chi connectivity index (χ2n) is 5.53. The summed E-state index contributed by atoms with van der Waals surface area (Å²) in [5.41, 5.74) is 3.12. The molecule has 118 valence electrons. The summed E-state index contributed by atoms with van der Waals surface area (Å²) >= 11 is 1.34. The Morgan fingerprint density at radius 1 is 1.32 bits per heavy atom. The molecule has 0 aliphatic heterocycles. The van der Waals surface area contributed by atoms with Crippen LogP contribution in [0, 0.1) is 6.92 Å². The molecule has 1 heterocycles. The van der Waals surface area contributed by atoms with Crippen molar-refractivity contribution in [2.45, 2.75) is 44.0 Å². The standard InChI is InChI=1S/C15H21N5OS/c1-9(2)12-8-6-7-10(3)13(12)16-14(21)11(4)22-15-17-18-19-20(15)5/h6-9,11H,1-5H3,(H,16,21)/t11-/m0/s1. The van der Waals surface area contributed by atoms with Gasteiger partial charge in [0.05, 0.1) is 5.25 Å². The highest BCUT2D eigenvalue weighted by molar-refractivity contribution is 8.00. The van der Waals surface area contributed by atoms with Crippen LogP contribution in [-0.2, 0) is 11.8 Å². The predicted molar refractivity (Wildman–Crippen MR) is 88.0 cm³/mol. The number of carbonyl (C=O) groups is 1. The van der Waals surface area contributed by atoms with Crippen LogP contribution in [0.5, 0.6) is 0 Å². The SMILES string of the molecule is Cc1cccc(C(C)C)c1NC(=O)[C@H](C)Sc1nnnn1C. The van der Waals surface area contributed by atoms with Crippen LogP contribution in [-0.4, -0.2) is 31.4 Å². The Morgan fingerprint density at radius 3 is 2.64 bits per heavy atom. The van der Waals surface area contributed by atoms with E-state index in [1.54, 1.807) is 11.7 Å². The molecule has 1 amide bonds. The van der Waals surface area contributed by atoms with Gasteiger partial charge < -0.3 is 5.32 Å². The smallest absolute Gasteiger partial charge is 0.237 e. The van der Waals surface area contributed by atoms with Gasteiger partial charge in [0.25, 0.3) is 0 Å². The van der Waals surface area contributed by atoms with E-state index >= 15 is 0 Å². The number of tetrazole rings is 1. The Balaban J connectivity index is 2.13. The number of aromatic nitrogens is 4. The third-order valence-electron chi connectivity index (χ3n) is 3.41. The number of hydrogen-bond donors (Lipinski definition) is 1. The second-order valence-corrected chi connectivity index (χ2v) is 6.84. The van der Waals surface area contributed by atoms with Crippen molar-refractivity contribution >= 4 is 23.4 Å². The van der Waals surface area contributed by atoms with Crippen molar-refractivity contribution in [3.63, 3.8) is 0 Å². The summed E-state index contributed by atoms with van der Waals surface area (Å²) in [6, 6.07) is 6.08. The number of amides is 1. The zero-order chi connectivity index (χ0) is 16.3. The van der Waals surface area contributed by atoms with Crippen LogP contribution < -0.4 is 5.32 Å². The normalized spacial score (nSPS) is 12.5. The maximum atomic E-state index is 12.5. The average molecular weight is 319 g/mol. The Hall–Kier alpha value is -1.89. The molecule has 6 nitrogen and oxygen atoms in total. The fourth-order valence-electron chi connectivity index (χ4n) is 2.10. The zero-order valence-corrected chi connectivity index (χ0v) is 14.3. The minimum atomic E-state index is -0.288. The highest BCUT2D eigenvalue weighted by Crippen LogP contribution is 2.28. The Kier molecular flexibility index (Phi) is 5.18. The molecule has 22 heavy (non-hydrogen) atoms. The lowest BCUT2D eigenvalue weighted by Gasteiger charge is -2.18. The molecule has 0 bridgehead atoms. The molecule has 1 N–H and O–H groups in total. The fraction of sp³-hybridized carbons (Fsp3) is 0.467. The fourth-order valence-corrected chi connectivity index (χ4v) is 2.85. The maximum absolute atomic E-state index is 12.5. The number of para-hydroxylation sites is 1. The van der Waals surface area contributed by atoms with E-state index in [0.29, 0.717) is 11.1 Å². The molecule has 0 fully saturated rings. The molecule has 0 saturated heterocycles. The number of nitrogens with zero attached hydrogens (tertiary/aromatic N) is 4. The number of anilines is 1. The Bertz CT molecular complexity index is 668. The van der Waals surface area contributed by atoms with Gasteiger partial charge in [0.2, 0.25) is 11.1 Å². The van der Waals surface area contributed by atoms with Gasteiger partial charge in [-0.15, -0.1) is 5.10 Å². The van der Waals surface area contributed by atoms with E-state index in [9.17, 15) is 4.79 Å². The molecule has 0 radical (unpaired) electrons. The highest BCUT2D eigenvalue weighted by Gasteiger charge is 2.20. The van der Waals surface area contributed by atoms with Gasteiger partial charge in [-0.3, -0.25) is 4.79 Å². The van der Waals surface area contributed by atoms with Gasteiger partial charge in [0, 0.05) is 12.7 Å². The Labute approximate surface area is 134 Å². The van der Waals surface area contributed by atoms with Crippen LogP contribution in [0.3, 0.4) is 0 Å². The van der Waals surface area contributed by atoms with E-state index in [4.69, 9.17) is 0 Å². The number of nitrogens with one attached hydrogen (secondary N) is 1. The third-order valence-corrected chi connectivity index (χ3v) is 4.53. The molecule has 2 aromatic rings. The number of benzene rings is 1. The van der Waals surface area contributed by atoms with Gasteiger partial charge in [-0.25, -0.2) is 4.68 Å². The lowest BCUT2D eigenvalue weighted by atomic mass is 9.98. The quantitative estimate of drug-likeness (QED) is 0.858. The predicted octanol–water partition coefficient (Wildman–Crippen LogP) is 2.76. The van der Waals surface area contributed by atoms with Gasteiger partial charge in [0.1, 0.15) is 0 Å². The lowest BCUT2D eigenvalue weighted by Crippen LogP contribution is -2.24. The minimum absolute atomic E-state index is 0.0517. The zero-order valence-electron chi connectivity index (χ0n) is 13.5. The Morgan fingerprint density at radius 2 is 2.05 bits per heavy atom. The summed E-state index contributed by atoms with van der Waals surface area (Å²) in [6.45, 7) is 8.09. The molecule has 0 aliphatic rings. The highest BCUT2D eigenvalue weighted by atomic mass is 32.2. The van der Waals surface area contributed by atoms with Crippen LogP contribution >= 0.6 is 11.8 Å². The van der Waals surface area contributed by atoms with Gasteiger partial charge in [-0.1, -0.05) is 43.8 Å². The lowest BCUT2D eigenvalue weighted by molar-refractivity contribution is -0.115. The first kappa shape index (κ1) is 16.5. The number of thioether (sulfide) groups is 1.